The van der Waals surface area contributed by atoms with Gasteiger partial charge in [0, 0.05) is 16.2 Å². The van der Waals surface area contributed by atoms with Crippen molar-refractivity contribution in [1.82, 2.24) is 0 Å². The van der Waals surface area contributed by atoms with Crippen LogP contribution in [0, 0.1) is 0 Å². The van der Waals surface area contributed by atoms with E-state index in [1.165, 1.54) is 0 Å². The summed E-state index contributed by atoms with van der Waals surface area (Å²) in [5, 5.41) is 12.3. The minimum atomic E-state index is -0.908. The topological polar surface area (TPSA) is 49.3 Å². The Bertz CT molecular complexity index is 435. The Morgan fingerprint density at radius 1 is 1.31 bits per heavy atom. The van der Waals surface area contributed by atoms with Crippen LogP contribution in [0.4, 0.5) is 5.69 Å². The van der Waals surface area contributed by atoms with Crippen LogP contribution < -0.4 is 5.32 Å². The Balaban J connectivity index is 2.16. The molecule has 1 aromatic carbocycles. The molecule has 1 aliphatic carbocycles. The average Bonchev–Trinajstić information content (AvgIpc) is 2.69. The fourth-order valence-corrected chi connectivity index (χ4v) is 2.26. The van der Waals surface area contributed by atoms with E-state index in [9.17, 15) is 4.79 Å². The third-order valence-electron chi connectivity index (χ3n) is 2.52. The number of halogens is 1. The first kappa shape index (κ1) is 11.2. The molecule has 0 atom stereocenters. The molecule has 0 spiro atoms. The van der Waals surface area contributed by atoms with Gasteiger partial charge in [0.25, 0.3) is 0 Å². The molecule has 0 bridgehead atoms. The zero-order valence-corrected chi connectivity index (χ0v) is 10.2. The molecular formula is C12H12BrNO2. The number of nitrogens with one attached hydrogen (secondary N) is 1. The van der Waals surface area contributed by atoms with Gasteiger partial charge >= 0.3 is 5.97 Å². The second kappa shape index (κ2) is 4.70. The minimum Gasteiger partial charge on any atom is -0.478 e. The van der Waals surface area contributed by atoms with E-state index in [1.54, 1.807) is 12.1 Å². The molecule has 0 aliphatic heterocycles. The Labute approximate surface area is 102 Å². The van der Waals surface area contributed by atoms with Gasteiger partial charge in [-0.05, 0) is 31.0 Å². The predicted octanol–water partition coefficient (Wildman–Crippen LogP) is 3.28. The zero-order valence-electron chi connectivity index (χ0n) is 8.61. The van der Waals surface area contributed by atoms with Crippen LogP contribution in [0.2, 0.25) is 0 Å². The molecule has 1 aromatic rings. The van der Waals surface area contributed by atoms with Crippen LogP contribution in [-0.4, -0.2) is 17.1 Å². The molecule has 0 saturated heterocycles. The summed E-state index contributed by atoms with van der Waals surface area (Å²) in [4.78, 5) is 10.9. The van der Waals surface area contributed by atoms with Crippen LogP contribution in [0.1, 0.15) is 23.2 Å². The highest BCUT2D eigenvalue weighted by Gasteiger charge is 2.11. The summed E-state index contributed by atoms with van der Waals surface area (Å²) < 4.78 is 0.779. The first-order valence-corrected chi connectivity index (χ1v) is 5.90. The summed E-state index contributed by atoms with van der Waals surface area (Å²) in [6.45, 7) is 0. The SMILES string of the molecule is O=C(O)c1cc(Br)cc(NC2CC=CC2)c1. The molecule has 3 nitrogen and oxygen atoms in total. The molecule has 0 saturated carbocycles. The van der Waals surface area contributed by atoms with Crippen molar-refractivity contribution in [2.45, 2.75) is 18.9 Å². The molecule has 4 heteroatoms. The maximum atomic E-state index is 10.9. The molecule has 0 fully saturated rings. The van der Waals surface area contributed by atoms with E-state index in [2.05, 4.69) is 33.4 Å². The lowest BCUT2D eigenvalue weighted by atomic mass is 10.1. The van der Waals surface area contributed by atoms with E-state index in [0.717, 1.165) is 23.0 Å². The summed E-state index contributed by atoms with van der Waals surface area (Å²) in [6, 6.07) is 5.53. The fourth-order valence-electron chi connectivity index (χ4n) is 1.77. The Morgan fingerprint density at radius 2 is 2.00 bits per heavy atom. The van der Waals surface area contributed by atoms with E-state index >= 15 is 0 Å². The normalized spacial score (nSPS) is 15.3. The standard InChI is InChI=1S/C12H12BrNO2/c13-9-5-8(12(15)16)6-11(7-9)14-10-3-1-2-4-10/h1-2,5-7,10,14H,3-4H2,(H,15,16). The number of hydrogen-bond acceptors (Lipinski definition) is 2. The number of rotatable bonds is 3. The van der Waals surface area contributed by atoms with Gasteiger partial charge in [-0.3, -0.25) is 0 Å². The Morgan fingerprint density at radius 3 is 2.62 bits per heavy atom. The molecule has 2 rings (SSSR count). The number of anilines is 1. The van der Waals surface area contributed by atoms with Crippen LogP contribution in [-0.2, 0) is 0 Å². The lowest BCUT2D eigenvalue weighted by Crippen LogP contribution is -2.15. The van der Waals surface area contributed by atoms with Crippen molar-refractivity contribution in [2.75, 3.05) is 5.32 Å². The first-order chi connectivity index (χ1) is 7.65. The zero-order chi connectivity index (χ0) is 11.5. The van der Waals surface area contributed by atoms with E-state index in [1.807, 2.05) is 6.07 Å². The summed E-state index contributed by atoms with van der Waals surface area (Å²) >= 11 is 3.31. The number of benzene rings is 1. The van der Waals surface area contributed by atoms with Crippen LogP contribution in [0.25, 0.3) is 0 Å². The molecular weight excluding hydrogens is 270 g/mol. The number of carboxylic acids is 1. The quantitative estimate of drug-likeness (QED) is 0.836. The first-order valence-electron chi connectivity index (χ1n) is 5.10. The van der Waals surface area contributed by atoms with Crippen molar-refractivity contribution < 1.29 is 9.90 Å². The van der Waals surface area contributed by atoms with Crippen molar-refractivity contribution >= 4 is 27.6 Å². The molecule has 0 radical (unpaired) electrons. The van der Waals surface area contributed by atoms with Gasteiger partial charge in [0.2, 0.25) is 0 Å². The number of hydrogen-bond donors (Lipinski definition) is 2. The highest BCUT2D eigenvalue weighted by atomic mass is 79.9. The highest BCUT2D eigenvalue weighted by molar-refractivity contribution is 9.10. The van der Waals surface area contributed by atoms with Crippen LogP contribution in [0.5, 0.6) is 0 Å². The summed E-state index contributed by atoms with van der Waals surface area (Å²) in [7, 11) is 0. The summed E-state index contributed by atoms with van der Waals surface area (Å²) in [6.07, 6.45) is 6.26. The van der Waals surface area contributed by atoms with Gasteiger partial charge in [0.1, 0.15) is 0 Å². The van der Waals surface area contributed by atoms with E-state index in [0.29, 0.717) is 11.6 Å². The van der Waals surface area contributed by atoms with Crippen LogP contribution >= 0.6 is 15.9 Å². The van der Waals surface area contributed by atoms with Crippen molar-refractivity contribution in [1.29, 1.82) is 0 Å². The molecule has 0 amide bonds. The fraction of sp³-hybridized carbons (Fsp3) is 0.250. The number of carboxylic acid groups (broad SMARTS) is 1. The maximum Gasteiger partial charge on any atom is 0.335 e. The monoisotopic (exact) mass is 281 g/mol. The van der Waals surface area contributed by atoms with Crippen molar-refractivity contribution in [3.05, 3.63) is 40.4 Å². The van der Waals surface area contributed by atoms with Gasteiger partial charge < -0.3 is 10.4 Å². The van der Waals surface area contributed by atoms with Crippen LogP contribution in [0.15, 0.2) is 34.8 Å². The third kappa shape index (κ3) is 2.64. The number of carbonyl (C=O) groups is 1. The molecule has 0 unspecified atom stereocenters. The molecule has 0 heterocycles. The molecule has 1 aliphatic rings. The minimum absolute atomic E-state index is 0.294. The summed E-state index contributed by atoms with van der Waals surface area (Å²) in [5.74, 6) is -0.908. The number of aromatic carboxylic acids is 1. The average molecular weight is 282 g/mol. The lowest BCUT2D eigenvalue weighted by Gasteiger charge is -2.14. The summed E-state index contributed by atoms with van der Waals surface area (Å²) in [5.41, 5.74) is 1.14. The molecule has 0 aromatic heterocycles. The van der Waals surface area contributed by atoms with E-state index < -0.39 is 5.97 Å². The van der Waals surface area contributed by atoms with E-state index in [-0.39, 0.29) is 0 Å². The smallest absolute Gasteiger partial charge is 0.335 e. The second-order valence-electron chi connectivity index (χ2n) is 3.82. The highest BCUT2D eigenvalue weighted by Crippen LogP contribution is 2.22. The van der Waals surface area contributed by atoms with Gasteiger partial charge in [-0.25, -0.2) is 4.79 Å². The van der Waals surface area contributed by atoms with E-state index in [4.69, 9.17) is 5.11 Å². The second-order valence-corrected chi connectivity index (χ2v) is 4.73. The van der Waals surface area contributed by atoms with Gasteiger partial charge in [0.05, 0.1) is 5.56 Å². The maximum absolute atomic E-state index is 10.9. The predicted molar refractivity (Wildman–Crippen MR) is 66.9 cm³/mol. The van der Waals surface area contributed by atoms with Crippen molar-refractivity contribution in [3.63, 3.8) is 0 Å². The lowest BCUT2D eigenvalue weighted by molar-refractivity contribution is 0.0697. The molecule has 2 N–H and O–H groups in total. The van der Waals surface area contributed by atoms with Gasteiger partial charge in [-0.15, -0.1) is 0 Å². The van der Waals surface area contributed by atoms with Gasteiger partial charge in [-0.2, -0.15) is 0 Å². The van der Waals surface area contributed by atoms with Crippen molar-refractivity contribution in [2.24, 2.45) is 0 Å². The Hall–Kier alpha value is -1.29. The third-order valence-corrected chi connectivity index (χ3v) is 2.98. The largest absolute Gasteiger partial charge is 0.478 e. The van der Waals surface area contributed by atoms with Crippen LogP contribution in [0.3, 0.4) is 0 Å². The van der Waals surface area contributed by atoms with Gasteiger partial charge in [-0.1, -0.05) is 28.1 Å². The van der Waals surface area contributed by atoms with Crippen molar-refractivity contribution in [3.8, 4) is 0 Å². The Kier molecular flexibility index (Phi) is 3.29. The molecule has 16 heavy (non-hydrogen) atoms. The molecule has 84 valence electrons. The van der Waals surface area contributed by atoms with Gasteiger partial charge in [0.15, 0.2) is 0 Å².